The van der Waals surface area contributed by atoms with Crippen LogP contribution in [-0.2, 0) is 28.6 Å². The first kappa shape index (κ1) is 78.3. The van der Waals surface area contributed by atoms with Crippen molar-refractivity contribution in [3.8, 4) is 0 Å². The molecule has 1 atom stereocenters. The summed E-state index contributed by atoms with van der Waals surface area (Å²) in [6.07, 6.45) is 94.4. The van der Waals surface area contributed by atoms with Crippen LogP contribution in [0.15, 0.2) is 97.2 Å². The van der Waals surface area contributed by atoms with Crippen molar-refractivity contribution in [1.29, 1.82) is 0 Å². The van der Waals surface area contributed by atoms with Gasteiger partial charge in [0.05, 0.1) is 0 Å². The molecule has 0 aromatic carbocycles. The monoisotopic (exact) mass is 1140 g/mol. The zero-order valence-electron chi connectivity index (χ0n) is 54.2. The largest absolute Gasteiger partial charge is 0.462 e. The normalized spacial score (nSPS) is 12.7. The van der Waals surface area contributed by atoms with Crippen molar-refractivity contribution < 1.29 is 28.6 Å². The molecule has 0 bridgehead atoms. The Labute approximate surface area is 508 Å². The SMILES string of the molecule is CC/C=C\C/C=C\C/C=C\C/C=C\C/C=C\CCCCCCCCCCCCCCCCCCCC(=O)OCC(COC(=O)CCCCCCC/C=C\CCCCCCC)OC(=O)CCCCCCCCC/C=C\C/C=C\CCCCC. The highest BCUT2D eigenvalue weighted by Crippen LogP contribution is 2.17. The summed E-state index contributed by atoms with van der Waals surface area (Å²) in [6.45, 7) is 6.52. The van der Waals surface area contributed by atoms with Crippen molar-refractivity contribution in [1.82, 2.24) is 0 Å². The van der Waals surface area contributed by atoms with Gasteiger partial charge in [0.1, 0.15) is 13.2 Å². The average molecular weight is 1140 g/mol. The Hall–Kier alpha value is -3.67. The first-order valence-electron chi connectivity index (χ1n) is 35.2. The number of rotatable bonds is 64. The number of esters is 3. The minimum atomic E-state index is -0.785. The van der Waals surface area contributed by atoms with Crippen molar-refractivity contribution in [2.75, 3.05) is 13.2 Å². The number of allylic oxidation sites excluding steroid dienone is 16. The van der Waals surface area contributed by atoms with Crippen molar-refractivity contribution in [3.05, 3.63) is 97.2 Å². The zero-order chi connectivity index (χ0) is 59.2. The minimum Gasteiger partial charge on any atom is -0.462 e. The fourth-order valence-corrected chi connectivity index (χ4v) is 10.0. The molecule has 0 rings (SSSR count). The summed E-state index contributed by atoms with van der Waals surface area (Å²) in [5.41, 5.74) is 0. The maximum absolute atomic E-state index is 12.9. The standard InChI is InChI=1S/C76H132O6/c1-4-7-10-13-16-19-22-25-28-30-31-32-33-34-35-36-37-38-39-40-41-42-43-44-45-47-48-51-54-57-60-63-66-69-75(78)81-72-73(71-80-74(77)68-65-62-59-56-53-50-27-24-21-18-15-12-9-6-3)82-76(79)70-67-64-61-58-55-52-49-46-29-26-23-20-17-14-11-8-5-2/h7,10,16-17,19-20,24-29,31-32,34-35,73H,4-6,8-9,11-15,18,21-23,30,33,36-72H2,1-3H3/b10-7-,19-16-,20-17-,27-24-,28-25-,29-26-,32-31-,35-34-. The van der Waals surface area contributed by atoms with Crippen LogP contribution in [0.3, 0.4) is 0 Å². The number of hydrogen-bond donors (Lipinski definition) is 0. The van der Waals surface area contributed by atoms with Crippen molar-refractivity contribution in [3.63, 3.8) is 0 Å². The van der Waals surface area contributed by atoms with E-state index >= 15 is 0 Å². The first-order valence-corrected chi connectivity index (χ1v) is 35.2. The highest BCUT2D eigenvalue weighted by atomic mass is 16.6. The zero-order valence-corrected chi connectivity index (χ0v) is 54.2. The topological polar surface area (TPSA) is 78.9 Å². The average Bonchev–Trinajstić information content (AvgIpc) is 3.47. The molecule has 0 amide bonds. The maximum atomic E-state index is 12.9. The van der Waals surface area contributed by atoms with Crippen LogP contribution in [0.25, 0.3) is 0 Å². The molecule has 0 aromatic heterocycles. The van der Waals surface area contributed by atoms with Crippen LogP contribution in [0, 0.1) is 0 Å². The summed E-state index contributed by atoms with van der Waals surface area (Å²) in [5, 5.41) is 0. The molecular formula is C76H132O6. The number of hydrogen-bond acceptors (Lipinski definition) is 6. The Morgan fingerprint density at radius 1 is 0.256 bits per heavy atom. The van der Waals surface area contributed by atoms with Gasteiger partial charge in [0.25, 0.3) is 0 Å². The summed E-state index contributed by atoms with van der Waals surface area (Å²) in [5.74, 6) is -0.880. The predicted molar refractivity (Wildman–Crippen MR) is 357 cm³/mol. The third kappa shape index (κ3) is 67.1. The quantitative estimate of drug-likeness (QED) is 0.0261. The molecule has 0 aliphatic heterocycles. The predicted octanol–water partition coefficient (Wildman–Crippen LogP) is 24.4. The molecule has 1 unspecified atom stereocenters. The van der Waals surface area contributed by atoms with Crippen molar-refractivity contribution >= 4 is 17.9 Å². The molecule has 0 saturated carbocycles. The second-order valence-corrected chi connectivity index (χ2v) is 23.4. The lowest BCUT2D eigenvalue weighted by molar-refractivity contribution is -0.167. The Morgan fingerprint density at radius 2 is 0.476 bits per heavy atom. The summed E-state index contributed by atoms with van der Waals surface area (Å²) in [4.78, 5) is 38.4. The fraction of sp³-hybridized carbons (Fsp3) is 0.750. The van der Waals surface area contributed by atoms with Gasteiger partial charge in [0, 0.05) is 19.3 Å². The Morgan fingerprint density at radius 3 is 0.780 bits per heavy atom. The number of carbonyl (C=O) groups excluding carboxylic acids is 3. The third-order valence-corrected chi connectivity index (χ3v) is 15.3. The van der Waals surface area contributed by atoms with Gasteiger partial charge in [-0.2, -0.15) is 0 Å². The summed E-state index contributed by atoms with van der Waals surface area (Å²) < 4.78 is 17.0. The molecule has 6 nitrogen and oxygen atoms in total. The molecule has 0 aliphatic carbocycles. The molecule has 0 radical (unpaired) electrons. The van der Waals surface area contributed by atoms with E-state index in [1.165, 1.54) is 199 Å². The van der Waals surface area contributed by atoms with E-state index in [1.807, 2.05) is 0 Å². The van der Waals surface area contributed by atoms with E-state index in [0.29, 0.717) is 19.3 Å². The van der Waals surface area contributed by atoms with E-state index in [9.17, 15) is 14.4 Å². The summed E-state index contributed by atoms with van der Waals surface area (Å²) >= 11 is 0. The van der Waals surface area contributed by atoms with E-state index in [1.54, 1.807) is 0 Å². The molecule has 0 N–H and O–H groups in total. The number of carbonyl (C=O) groups is 3. The lowest BCUT2D eigenvalue weighted by Crippen LogP contribution is -2.30. The van der Waals surface area contributed by atoms with Crippen LogP contribution in [0.2, 0.25) is 0 Å². The van der Waals surface area contributed by atoms with E-state index in [0.717, 1.165) is 109 Å². The Balaban J connectivity index is 4.19. The molecular weight excluding hydrogens is 1010 g/mol. The molecule has 0 aliphatic rings. The molecule has 0 heterocycles. The molecule has 6 heteroatoms. The molecule has 0 fully saturated rings. The van der Waals surface area contributed by atoms with Gasteiger partial charge in [-0.05, 0) is 122 Å². The molecule has 82 heavy (non-hydrogen) atoms. The van der Waals surface area contributed by atoms with E-state index < -0.39 is 6.10 Å². The second kappa shape index (κ2) is 69.8. The summed E-state index contributed by atoms with van der Waals surface area (Å²) in [6, 6.07) is 0. The van der Waals surface area contributed by atoms with Gasteiger partial charge >= 0.3 is 17.9 Å². The molecule has 0 saturated heterocycles. The smallest absolute Gasteiger partial charge is 0.306 e. The van der Waals surface area contributed by atoms with Crippen molar-refractivity contribution in [2.45, 2.75) is 354 Å². The van der Waals surface area contributed by atoms with E-state index in [4.69, 9.17) is 14.2 Å². The van der Waals surface area contributed by atoms with Gasteiger partial charge in [-0.1, -0.05) is 304 Å². The van der Waals surface area contributed by atoms with Crippen LogP contribution >= 0.6 is 0 Å². The van der Waals surface area contributed by atoms with Crippen LogP contribution in [0.5, 0.6) is 0 Å². The van der Waals surface area contributed by atoms with Gasteiger partial charge in [0.15, 0.2) is 6.10 Å². The van der Waals surface area contributed by atoms with E-state index in [2.05, 4.69) is 118 Å². The lowest BCUT2D eigenvalue weighted by Gasteiger charge is -2.18. The molecule has 472 valence electrons. The second-order valence-electron chi connectivity index (χ2n) is 23.4. The Kier molecular flexibility index (Phi) is 66.7. The fourth-order valence-electron chi connectivity index (χ4n) is 10.0. The number of unbranched alkanes of at least 4 members (excludes halogenated alkanes) is 37. The number of ether oxygens (including phenoxy) is 3. The van der Waals surface area contributed by atoms with Crippen molar-refractivity contribution in [2.24, 2.45) is 0 Å². The third-order valence-electron chi connectivity index (χ3n) is 15.3. The van der Waals surface area contributed by atoms with Gasteiger partial charge in [0.2, 0.25) is 0 Å². The molecule has 0 spiro atoms. The molecule has 0 aromatic rings. The lowest BCUT2D eigenvalue weighted by atomic mass is 10.0. The maximum Gasteiger partial charge on any atom is 0.306 e. The van der Waals surface area contributed by atoms with Crippen LogP contribution in [0.1, 0.15) is 348 Å². The van der Waals surface area contributed by atoms with Gasteiger partial charge in [-0.15, -0.1) is 0 Å². The first-order chi connectivity index (χ1) is 40.5. The van der Waals surface area contributed by atoms with Gasteiger partial charge < -0.3 is 14.2 Å². The van der Waals surface area contributed by atoms with E-state index in [-0.39, 0.29) is 31.1 Å². The van der Waals surface area contributed by atoms with Crippen LogP contribution in [0.4, 0.5) is 0 Å². The summed E-state index contributed by atoms with van der Waals surface area (Å²) in [7, 11) is 0. The highest BCUT2D eigenvalue weighted by Gasteiger charge is 2.19. The van der Waals surface area contributed by atoms with Crippen LogP contribution < -0.4 is 0 Å². The van der Waals surface area contributed by atoms with Gasteiger partial charge in [-0.3, -0.25) is 14.4 Å². The Bertz CT molecular complexity index is 1590. The van der Waals surface area contributed by atoms with Gasteiger partial charge in [-0.25, -0.2) is 0 Å². The van der Waals surface area contributed by atoms with Crippen LogP contribution in [-0.4, -0.2) is 37.2 Å². The minimum absolute atomic E-state index is 0.0798. The highest BCUT2D eigenvalue weighted by molar-refractivity contribution is 5.71.